The first-order valence-corrected chi connectivity index (χ1v) is 10.4. The van der Waals surface area contributed by atoms with E-state index in [0.29, 0.717) is 19.0 Å². The maximum absolute atomic E-state index is 9.69. The maximum Gasteiger partial charge on any atom is 0.164 e. The molecule has 3 heteroatoms. The Morgan fingerprint density at radius 1 is 0.640 bits per heavy atom. The molecule has 0 amide bonds. The summed E-state index contributed by atoms with van der Waals surface area (Å²) in [5.74, 6) is 1.64. The van der Waals surface area contributed by atoms with Crippen molar-refractivity contribution in [2.24, 2.45) is 0 Å². The SMILES string of the molecule is CCCCCCCCOc1ccc(O)cc1OCCCCCCCC. The molecule has 0 aliphatic rings. The van der Waals surface area contributed by atoms with Gasteiger partial charge >= 0.3 is 0 Å². The summed E-state index contributed by atoms with van der Waals surface area (Å²) in [4.78, 5) is 0. The lowest BCUT2D eigenvalue weighted by molar-refractivity contribution is 0.257. The fourth-order valence-corrected chi connectivity index (χ4v) is 2.86. The smallest absolute Gasteiger partial charge is 0.164 e. The summed E-state index contributed by atoms with van der Waals surface area (Å²) in [5.41, 5.74) is 0. The zero-order valence-electron chi connectivity index (χ0n) is 16.4. The van der Waals surface area contributed by atoms with Crippen molar-refractivity contribution in [3.8, 4) is 17.2 Å². The molecule has 0 heterocycles. The van der Waals surface area contributed by atoms with E-state index in [1.165, 1.54) is 64.2 Å². The second-order valence-corrected chi connectivity index (χ2v) is 6.86. The van der Waals surface area contributed by atoms with E-state index < -0.39 is 0 Å². The fraction of sp³-hybridized carbons (Fsp3) is 0.727. The van der Waals surface area contributed by atoms with E-state index >= 15 is 0 Å². The lowest BCUT2D eigenvalue weighted by atomic mass is 10.1. The Balaban J connectivity index is 2.25. The van der Waals surface area contributed by atoms with E-state index in [9.17, 15) is 5.11 Å². The van der Waals surface area contributed by atoms with E-state index in [1.807, 2.05) is 6.07 Å². The van der Waals surface area contributed by atoms with Gasteiger partial charge in [-0.3, -0.25) is 0 Å². The van der Waals surface area contributed by atoms with Crippen LogP contribution in [0.5, 0.6) is 17.2 Å². The van der Waals surface area contributed by atoms with Gasteiger partial charge < -0.3 is 14.6 Å². The van der Waals surface area contributed by atoms with Gasteiger partial charge in [-0.1, -0.05) is 78.1 Å². The zero-order chi connectivity index (χ0) is 18.2. The summed E-state index contributed by atoms with van der Waals surface area (Å²) in [6.07, 6.45) is 14.9. The molecule has 1 aromatic rings. The number of ether oxygens (including phenoxy) is 2. The van der Waals surface area contributed by atoms with Crippen LogP contribution < -0.4 is 9.47 Å². The molecule has 0 saturated carbocycles. The predicted molar refractivity (Wildman–Crippen MR) is 106 cm³/mol. The summed E-state index contributed by atoms with van der Waals surface area (Å²) < 4.78 is 11.7. The predicted octanol–water partition coefficient (Wildman–Crippen LogP) is 6.87. The minimum Gasteiger partial charge on any atom is -0.508 e. The Labute approximate surface area is 154 Å². The Bertz CT molecular complexity index is 431. The van der Waals surface area contributed by atoms with Crippen LogP contribution in [0.1, 0.15) is 90.9 Å². The van der Waals surface area contributed by atoms with Crippen molar-refractivity contribution in [3.63, 3.8) is 0 Å². The summed E-state index contributed by atoms with van der Waals surface area (Å²) >= 11 is 0. The molecule has 0 fully saturated rings. The van der Waals surface area contributed by atoms with Crippen LogP contribution in [-0.2, 0) is 0 Å². The monoisotopic (exact) mass is 350 g/mol. The number of phenolic OH excluding ortho intramolecular Hbond substituents is 1. The highest BCUT2D eigenvalue weighted by Gasteiger charge is 2.07. The summed E-state index contributed by atoms with van der Waals surface area (Å²) in [7, 11) is 0. The lowest BCUT2D eigenvalue weighted by Gasteiger charge is -2.13. The molecule has 0 atom stereocenters. The van der Waals surface area contributed by atoms with Crippen LogP contribution in [0.15, 0.2) is 18.2 Å². The van der Waals surface area contributed by atoms with Gasteiger partial charge in [0, 0.05) is 6.07 Å². The molecule has 25 heavy (non-hydrogen) atoms. The minimum absolute atomic E-state index is 0.227. The molecular weight excluding hydrogens is 312 g/mol. The molecule has 0 unspecified atom stereocenters. The van der Waals surface area contributed by atoms with Crippen molar-refractivity contribution >= 4 is 0 Å². The van der Waals surface area contributed by atoms with Gasteiger partial charge in [-0.25, -0.2) is 0 Å². The molecule has 0 bridgehead atoms. The Morgan fingerprint density at radius 3 is 1.68 bits per heavy atom. The van der Waals surface area contributed by atoms with Crippen LogP contribution in [-0.4, -0.2) is 18.3 Å². The summed E-state index contributed by atoms with van der Waals surface area (Å²) in [6.45, 7) is 5.87. The fourth-order valence-electron chi connectivity index (χ4n) is 2.86. The highest BCUT2D eigenvalue weighted by Crippen LogP contribution is 2.31. The van der Waals surface area contributed by atoms with Crippen molar-refractivity contribution in [2.75, 3.05) is 13.2 Å². The van der Waals surface area contributed by atoms with Crippen molar-refractivity contribution in [2.45, 2.75) is 90.9 Å². The van der Waals surface area contributed by atoms with Gasteiger partial charge in [0.2, 0.25) is 0 Å². The largest absolute Gasteiger partial charge is 0.508 e. The van der Waals surface area contributed by atoms with Crippen molar-refractivity contribution in [3.05, 3.63) is 18.2 Å². The topological polar surface area (TPSA) is 38.7 Å². The van der Waals surface area contributed by atoms with Gasteiger partial charge in [-0.05, 0) is 25.0 Å². The second-order valence-electron chi connectivity index (χ2n) is 6.86. The molecule has 0 radical (unpaired) electrons. The molecule has 144 valence electrons. The van der Waals surface area contributed by atoms with E-state index in [2.05, 4.69) is 13.8 Å². The van der Waals surface area contributed by atoms with Gasteiger partial charge in [0.05, 0.1) is 13.2 Å². The number of unbranched alkanes of at least 4 members (excludes halogenated alkanes) is 10. The third-order valence-electron chi connectivity index (χ3n) is 4.44. The average molecular weight is 351 g/mol. The number of aromatic hydroxyl groups is 1. The van der Waals surface area contributed by atoms with Gasteiger partial charge in [-0.15, -0.1) is 0 Å². The quantitative estimate of drug-likeness (QED) is 0.331. The number of hydrogen-bond donors (Lipinski definition) is 1. The van der Waals surface area contributed by atoms with Gasteiger partial charge in [0.25, 0.3) is 0 Å². The zero-order valence-corrected chi connectivity index (χ0v) is 16.4. The molecule has 0 spiro atoms. The molecule has 0 saturated heterocycles. The molecule has 0 aliphatic heterocycles. The first kappa shape index (κ1) is 21.7. The normalized spacial score (nSPS) is 10.8. The number of hydrogen-bond acceptors (Lipinski definition) is 3. The van der Waals surface area contributed by atoms with Gasteiger partial charge in [0.15, 0.2) is 11.5 Å². The highest BCUT2D eigenvalue weighted by atomic mass is 16.5. The second kappa shape index (κ2) is 14.9. The molecule has 0 aliphatic carbocycles. The van der Waals surface area contributed by atoms with Gasteiger partial charge in [0.1, 0.15) is 5.75 Å². The molecule has 3 nitrogen and oxygen atoms in total. The molecule has 1 aromatic carbocycles. The molecule has 1 rings (SSSR count). The molecule has 1 N–H and O–H groups in total. The van der Waals surface area contributed by atoms with Crippen molar-refractivity contribution in [1.29, 1.82) is 0 Å². The van der Waals surface area contributed by atoms with Crippen LogP contribution in [0.25, 0.3) is 0 Å². The Hall–Kier alpha value is -1.38. The first-order chi connectivity index (χ1) is 12.3. The van der Waals surface area contributed by atoms with E-state index in [0.717, 1.165) is 18.6 Å². The van der Waals surface area contributed by atoms with Crippen LogP contribution in [0.2, 0.25) is 0 Å². The van der Waals surface area contributed by atoms with Crippen LogP contribution >= 0.6 is 0 Å². The third-order valence-corrected chi connectivity index (χ3v) is 4.44. The first-order valence-electron chi connectivity index (χ1n) is 10.4. The van der Waals surface area contributed by atoms with Crippen LogP contribution in [0, 0.1) is 0 Å². The van der Waals surface area contributed by atoms with E-state index in [1.54, 1.807) is 12.1 Å². The van der Waals surface area contributed by atoms with E-state index in [-0.39, 0.29) is 5.75 Å². The number of rotatable bonds is 16. The van der Waals surface area contributed by atoms with Gasteiger partial charge in [-0.2, -0.15) is 0 Å². The van der Waals surface area contributed by atoms with Crippen molar-refractivity contribution < 1.29 is 14.6 Å². The lowest BCUT2D eigenvalue weighted by Crippen LogP contribution is -2.02. The minimum atomic E-state index is 0.227. The number of benzene rings is 1. The summed E-state index contributed by atoms with van der Waals surface area (Å²) in [5, 5.41) is 9.69. The summed E-state index contributed by atoms with van der Waals surface area (Å²) in [6, 6.07) is 5.13. The van der Waals surface area contributed by atoms with E-state index in [4.69, 9.17) is 9.47 Å². The Morgan fingerprint density at radius 2 is 1.12 bits per heavy atom. The van der Waals surface area contributed by atoms with Crippen LogP contribution in [0.3, 0.4) is 0 Å². The third kappa shape index (κ3) is 11.0. The van der Waals surface area contributed by atoms with Crippen molar-refractivity contribution in [1.82, 2.24) is 0 Å². The standard InChI is InChI=1S/C22H38O3/c1-3-5-7-9-11-13-17-24-21-16-15-20(23)19-22(21)25-18-14-12-10-8-6-4-2/h15-16,19,23H,3-14,17-18H2,1-2H3. The molecule has 0 aromatic heterocycles. The van der Waals surface area contributed by atoms with Crippen LogP contribution in [0.4, 0.5) is 0 Å². The highest BCUT2D eigenvalue weighted by molar-refractivity contribution is 5.45. The average Bonchev–Trinajstić information content (AvgIpc) is 2.61. The number of phenols is 1. The molecular formula is C22H38O3. The Kier molecular flexibility index (Phi) is 12.9. The maximum atomic E-state index is 9.69.